The Labute approximate surface area is 125 Å². The van der Waals surface area contributed by atoms with Gasteiger partial charge in [0.1, 0.15) is 0 Å². The van der Waals surface area contributed by atoms with Crippen LogP contribution in [0, 0.1) is 6.92 Å². The number of benzene rings is 1. The van der Waals surface area contributed by atoms with Gasteiger partial charge in [-0.05, 0) is 37.1 Å². The molecule has 0 saturated carbocycles. The molecule has 0 radical (unpaired) electrons. The van der Waals surface area contributed by atoms with E-state index in [1.807, 2.05) is 29.2 Å². The smallest absolute Gasteiger partial charge is 0.253 e. The number of carbonyl (C=O) groups is 1. The molecule has 0 bridgehead atoms. The van der Waals surface area contributed by atoms with Crippen molar-refractivity contribution in [2.45, 2.75) is 33.6 Å². The fourth-order valence-electron chi connectivity index (χ4n) is 2.21. The average molecular weight is 287 g/mol. The molecule has 112 valence electrons. The summed E-state index contributed by atoms with van der Waals surface area (Å²) in [6, 6.07) is 7.32. The molecular formula is C16H21N3O2. The van der Waals surface area contributed by atoms with E-state index in [4.69, 9.17) is 4.42 Å². The molecule has 5 heteroatoms. The van der Waals surface area contributed by atoms with Crippen LogP contribution in [0.5, 0.6) is 0 Å². The molecule has 1 amide bonds. The molecule has 2 rings (SSSR count). The summed E-state index contributed by atoms with van der Waals surface area (Å²) in [6.45, 7) is 7.49. The zero-order valence-electron chi connectivity index (χ0n) is 12.8. The summed E-state index contributed by atoms with van der Waals surface area (Å²) in [4.78, 5) is 14.3. The highest BCUT2D eigenvalue weighted by Crippen LogP contribution is 2.19. The highest BCUT2D eigenvalue weighted by Gasteiger charge is 2.14. The third-order valence-corrected chi connectivity index (χ3v) is 3.18. The standard InChI is InChI=1S/C16H21N3O2/c1-4-10-19(11-5-2)16(20)14-8-6-13(7-9-14)15-18-17-12(3)21-15/h6-9H,4-5,10-11H2,1-3H3. The number of rotatable bonds is 6. The molecule has 0 aliphatic heterocycles. The van der Waals surface area contributed by atoms with Crippen molar-refractivity contribution in [3.05, 3.63) is 35.7 Å². The number of aromatic nitrogens is 2. The first-order chi connectivity index (χ1) is 10.2. The minimum atomic E-state index is 0.0759. The van der Waals surface area contributed by atoms with E-state index >= 15 is 0 Å². The van der Waals surface area contributed by atoms with Gasteiger partial charge in [-0.2, -0.15) is 0 Å². The van der Waals surface area contributed by atoms with Crippen molar-refractivity contribution in [1.29, 1.82) is 0 Å². The van der Waals surface area contributed by atoms with Crippen LogP contribution < -0.4 is 0 Å². The van der Waals surface area contributed by atoms with Crippen molar-refractivity contribution in [2.75, 3.05) is 13.1 Å². The number of carbonyl (C=O) groups excluding carboxylic acids is 1. The first-order valence-corrected chi connectivity index (χ1v) is 7.35. The van der Waals surface area contributed by atoms with Crippen LogP contribution in [-0.2, 0) is 0 Å². The fraction of sp³-hybridized carbons (Fsp3) is 0.438. The summed E-state index contributed by atoms with van der Waals surface area (Å²) in [6.07, 6.45) is 1.93. The van der Waals surface area contributed by atoms with Gasteiger partial charge in [-0.25, -0.2) is 0 Å². The molecule has 0 saturated heterocycles. The van der Waals surface area contributed by atoms with E-state index in [-0.39, 0.29) is 5.91 Å². The van der Waals surface area contributed by atoms with Crippen molar-refractivity contribution < 1.29 is 9.21 Å². The lowest BCUT2D eigenvalue weighted by atomic mass is 10.1. The Kier molecular flexibility index (Phi) is 5.09. The van der Waals surface area contributed by atoms with Crippen LogP contribution in [0.3, 0.4) is 0 Å². The first-order valence-electron chi connectivity index (χ1n) is 7.35. The van der Waals surface area contributed by atoms with E-state index in [9.17, 15) is 4.79 Å². The molecule has 21 heavy (non-hydrogen) atoms. The van der Waals surface area contributed by atoms with Gasteiger partial charge in [0.2, 0.25) is 11.8 Å². The third kappa shape index (κ3) is 3.68. The van der Waals surface area contributed by atoms with Gasteiger partial charge < -0.3 is 9.32 Å². The van der Waals surface area contributed by atoms with E-state index in [0.29, 0.717) is 17.3 Å². The molecule has 0 N–H and O–H groups in total. The lowest BCUT2D eigenvalue weighted by molar-refractivity contribution is 0.0755. The van der Waals surface area contributed by atoms with Gasteiger partial charge in [0.25, 0.3) is 5.91 Å². The van der Waals surface area contributed by atoms with E-state index in [2.05, 4.69) is 24.0 Å². The maximum atomic E-state index is 12.5. The van der Waals surface area contributed by atoms with Gasteiger partial charge in [-0.3, -0.25) is 4.79 Å². The van der Waals surface area contributed by atoms with Crippen LogP contribution in [-0.4, -0.2) is 34.1 Å². The van der Waals surface area contributed by atoms with Gasteiger partial charge >= 0.3 is 0 Å². The van der Waals surface area contributed by atoms with Crippen LogP contribution in [0.25, 0.3) is 11.5 Å². The SMILES string of the molecule is CCCN(CCC)C(=O)c1ccc(-c2nnc(C)o2)cc1. The molecular weight excluding hydrogens is 266 g/mol. The maximum absolute atomic E-state index is 12.5. The second-order valence-electron chi connectivity index (χ2n) is 5.00. The monoisotopic (exact) mass is 287 g/mol. The molecule has 0 aliphatic rings. The normalized spacial score (nSPS) is 10.6. The van der Waals surface area contributed by atoms with Crippen LogP contribution in [0.4, 0.5) is 0 Å². The Morgan fingerprint density at radius 2 is 1.71 bits per heavy atom. The van der Waals surface area contributed by atoms with E-state index < -0.39 is 0 Å². The number of amides is 1. The molecule has 0 atom stereocenters. The summed E-state index contributed by atoms with van der Waals surface area (Å²) in [5.74, 6) is 1.08. The van der Waals surface area contributed by atoms with Crippen molar-refractivity contribution in [3.8, 4) is 11.5 Å². The number of hydrogen-bond donors (Lipinski definition) is 0. The van der Waals surface area contributed by atoms with Crippen molar-refractivity contribution >= 4 is 5.91 Å². The van der Waals surface area contributed by atoms with Gasteiger partial charge in [-0.1, -0.05) is 13.8 Å². The minimum Gasteiger partial charge on any atom is -0.421 e. The summed E-state index contributed by atoms with van der Waals surface area (Å²) < 4.78 is 5.38. The zero-order valence-corrected chi connectivity index (χ0v) is 12.8. The summed E-state index contributed by atoms with van der Waals surface area (Å²) in [5, 5.41) is 7.78. The second kappa shape index (κ2) is 7.02. The van der Waals surface area contributed by atoms with Crippen LogP contribution in [0.2, 0.25) is 0 Å². The molecule has 1 aromatic heterocycles. The minimum absolute atomic E-state index is 0.0759. The molecule has 0 fully saturated rings. The number of aryl methyl sites for hydroxylation is 1. The summed E-state index contributed by atoms with van der Waals surface area (Å²) >= 11 is 0. The predicted molar refractivity (Wildman–Crippen MR) is 81.0 cm³/mol. The van der Waals surface area contributed by atoms with Gasteiger partial charge in [-0.15, -0.1) is 10.2 Å². The Morgan fingerprint density at radius 3 is 2.19 bits per heavy atom. The average Bonchev–Trinajstić information content (AvgIpc) is 2.93. The second-order valence-corrected chi connectivity index (χ2v) is 5.00. The highest BCUT2D eigenvalue weighted by atomic mass is 16.4. The number of hydrogen-bond acceptors (Lipinski definition) is 4. The maximum Gasteiger partial charge on any atom is 0.253 e. The summed E-state index contributed by atoms with van der Waals surface area (Å²) in [7, 11) is 0. The Bertz CT molecular complexity index is 584. The lowest BCUT2D eigenvalue weighted by Crippen LogP contribution is -2.32. The van der Waals surface area contributed by atoms with Crippen LogP contribution in [0.15, 0.2) is 28.7 Å². The van der Waals surface area contributed by atoms with E-state index in [0.717, 1.165) is 31.5 Å². The topological polar surface area (TPSA) is 59.2 Å². The number of nitrogens with zero attached hydrogens (tertiary/aromatic N) is 3. The molecule has 0 unspecified atom stereocenters. The molecule has 1 aromatic carbocycles. The van der Waals surface area contributed by atoms with Crippen molar-refractivity contribution in [2.24, 2.45) is 0 Å². The zero-order chi connectivity index (χ0) is 15.2. The van der Waals surface area contributed by atoms with Gasteiger partial charge in [0.15, 0.2) is 0 Å². The Hall–Kier alpha value is -2.17. The summed E-state index contributed by atoms with van der Waals surface area (Å²) in [5.41, 5.74) is 1.52. The van der Waals surface area contributed by atoms with Crippen LogP contribution >= 0.6 is 0 Å². The third-order valence-electron chi connectivity index (χ3n) is 3.18. The fourth-order valence-corrected chi connectivity index (χ4v) is 2.21. The van der Waals surface area contributed by atoms with E-state index in [1.165, 1.54) is 0 Å². The lowest BCUT2D eigenvalue weighted by Gasteiger charge is -2.21. The van der Waals surface area contributed by atoms with Gasteiger partial charge in [0.05, 0.1) is 0 Å². The predicted octanol–water partition coefficient (Wildman–Crippen LogP) is 3.31. The quantitative estimate of drug-likeness (QED) is 0.818. The molecule has 2 aromatic rings. The van der Waals surface area contributed by atoms with E-state index in [1.54, 1.807) is 6.92 Å². The largest absolute Gasteiger partial charge is 0.421 e. The highest BCUT2D eigenvalue weighted by molar-refractivity contribution is 5.94. The first kappa shape index (κ1) is 15.2. The van der Waals surface area contributed by atoms with Gasteiger partial charge in [0, 0.05) is 31.1 Å². The van der Waals surface area contributed by atoms with Crippen molar-refractivity contribution in [3.63, 3.8) is 0 Å². The van der Waals surface area contributed by atoms with Crippen LogP contribution in [0.1, 0.15) is 42.9 Å². The molecule has 1 heterocycles. The molecule has 0 aliphatic carbocycles. The molecule has 0 spiro atoms. The van der Waals surface area contributed by atoms with Crippen molar-refractivity contribution in [1.82, 2.24) is 15.1 Å². The molecule has 5 nitrogen and oxygen atoms in total. The Morgan fingerprint density at radius 1 is 1.10 bits per heavy atom. The Balaban J connectivity index is 2.15.